The topological polar surface area (TPSA) is 113 Å². The SMILES string of the molecule is Cc1c(CN2CC[C@@H](O)[C@](C)(F)C2)n(C(C)C)c2cc(-c3nc(N[C@@H]4CCOC[C@H]4O)ncc3F)ccc2c1=O. The summed E-state index contributed by atoms with van der Waals surface area (Å²) in [6, 6.07) is 4.75. The van der Waals surface area contributed by atoms with Gasteiger partial charge in [0.25, 0.3) is 0 Å². The second kappa shape index (κ2) is 11.1. The van der Waals surface area contributed by atoms with E-state index in [0.717, 1.165) is 11.9 Å². The highest BCUT2D eigenvalue weighted by Gasteiger charge is 2.39. The first kappa shape index (κ1) is 28.5. The number of halogens is 2. The number of hydrogen-bond donors (Lipinski definition) is 3. The first-order valence-electron chi connectivity index (χ1n) is 13.8. The average molecular weight is 558 g/mol. The summed E-state index contributed by atoms with van der Waals surface area (Å²) >= 11 is 0. The quantitative estimate of drug-likeness (QED) is 0.423. The van der Waals surface area contributed by atoms with Gasteiger partial charge in [-0.05, 0) is 52.7 Å². The number of hydrogen-bond acceptors (Lipinski definition) is 8. The molecule has 2 fully saturated rings. The number of likely N-dealkylation sites (tertiary alicyclic amines) is 1. The van der Waals surface area contributed by atoms with Crippen molar-refractivity contribution in [3.05, 3.63) is 51.7 Å². The Bertz CT molecular complexity index is 1460. The van der Waals surface area contributed by atoms with Crippen LogP contribution in [-0.2, 0) is 11.3 Å². The Morgan fingerprint density at radius 3 is 2.75 bits per heavy atom. The second-order valence-corrected chi connectivity index (χ2v) is 11.5. The Hall–Kier alpha value is -2.99. The fourth-order valence-corrected chi connectivity index (χ4v) is 5.78. The van der Waals surface area contributed by atoms with E-state index in [1.807, 2.05) is 23.3 Å². The fourth-order valence-electron chi connectivity index (χ4n) is 5.78. The van der Waals surface area contributed by atoms with Gasteiger partial charge in [-0.3, -0.25) is 9.69 Å². The van der Waals surface area contributed by atoms with E-state index in [4.69, 9.17) is 4.74 Å². The number of fused-ring (bicyclic) bond motifs is 1. The molecule has 0 bridgehead atoms. The summed E-state index contributed by atoms with van der Waals surface area (Å²) in [4.78, 5) is 23.9. The Morgan fingerprint density at radius 2 is 2.05 bits per heavy atom. The van der Waals surface area contributed by atoms with Crippen molar-refractivity contribution in [3.63, 3.8) is 0 Å². The number of ether oxygens (including phenoxy) is 1. The summed E-state index contributed by atoms with van der Waals surface area (Å²) in [5.41, 5.74) is 0.646. The molecule has 0 amide bonds. The molecule has 2 saturated heterocycles. The zero-order valence-corrected chi connectivity index (χ0v) is 23.3. The zero-order valence-electron chi connectivity index (χ0n) is 23.3. The number of anilines is 1. The van der Waals surface area contributed by atoms with Crippen LogP contribution < -0.4 is 10.7 Å². The van der Waals surface area contributed by atoms with E-state index in [1.165, 1.54) is 6.92 Å². The Kier molecular flexibility index (Phi) is 7.93. The number of aromatic nitrogens is 3. The van der Waals surface area contributed by atoms with Crippen LogP contribution in [0.2, 0.25) is 0 Å². The van der Waals surface area contributed by atoms with Crippen molar-refractivity contribution in [1.29, 1.82) is 0 Å². The monoisotopic (exact) mass is 557 g/mol. The third-order valence-electron chi connectivity index (χ3n) is 8.06. The lowest BCUT2D eigenvalue weighted by Gasteiger charge is -2.39. The van der Waals surface area contributed by atoms with Crippen LogP contribution in [0.4, 0.5) is 14.7 Å². The van der Waals surface area contributed by atoms with E-state index >= 15 is 4.39 Å². The maximum Gasteiger partial charge on any atom is 0.223 e. The van der Waals surface area contributed by atoms with Crippen LogP contribution in [0, 0.1) is 12.7 Å². The molecule has 1 aromatic carbocycles. The molecule has 0 radical (unpaired) electrons. The normalized spacial score (nSPS) is 26.0. The van der Waals surface area contributed by atoms with E-state index < -0.39 is 23.7 Å². The van der Waals surface area contributed by atoms with Crippen molar-refractivity contribution < 1.29 is 23.7 Å². The number of nitrogens with one attached hydrogen (secondary N) is 1. The van der Waals surface area contributed by atoms with Gasteiger partial charge in [-0.15, -0.1) is 0 Å². The number of aliphatic hydroxyl groups excluding tert-OH is 2. The molecular formula is C29H37F2N5O4. The predicted molar refractivity (Wildman–Crippen MR) is 149 cm³/mol. The number of aliphatic hydroxyl groups is 2. The van der Waals surface area contributed by atoms with E-state index in [9.17, 15) is 19.4 Å². The second-order valence-electron chi connectivity index (χ2n) is 11.5. The summed E-state index contributed by atoms with van der Waals surface area (Å²) in [5.74, 6) is -0.424. The van der Waals surface area contributed by atoms with Gasteiger partial charge in [-0.25, -0.2) is 18.7 Å². The summed E-state index contributed by atoms with van der Waals surface area (Å²) in [6.45, 7) is 8.80. The molecule has 0 spiro atoms. The van der Waals surface area contributed by atoms with Crippen molar-refractivity contribution in [3.8, 4) is 11.3 Å². The Labute approximate surface area is 231 Å². The van der Waals surface area contributed by atoms with Crippen molar-refractivity contribution >= 4 is 16.9 Å². The van der Waals surface area contributed by atoms with Crippen LogP contribution in [-0.4, -0.2) is 79.9 Å². The summed E-state index contributed by atoms with van der Waals surface area (Å²) < 4.78 is 37.3. The number of pyridine rings is 1. The third kappa shape index (κ3) is 5.47. The van der Waals surface area contributed by atoms with Crippen LogP contribution in [0.3, 0.4) is 0 Å². The van der Waals surface area contributed by atoms with Gasteiger partial charge in [0, 0.05) is 54.5 Å². The van der Waals surface area contributed by atoms with Gasteiger partial charge in [-0.2, -0.15) is 0 Å². The molecule has 4 heterocycles. The minimum atomic E-state index is -1.74. The molecule has 5 rings (SSSR count). The first-order valence-corrected chi connectivity index (χ1v) is 13.8. The Morgan fingerprint density at radius 1 is 1.27 bits per heavy atom. The molecule has 3 N–H and O–H groups in total. The molecule has 0 saturated carbocycles. The van der Waals surface area contributed by atoms with Gasteiger partial charge in [-0.1, -0.05) is 6.07 Å². The molecule has 9 nitrogen and oxygen atoms in total. The van der Waals surface area contributed by atoms with Crippen LogP contribution in [0.5, 0.6) is 0 Å². The van der Waals surface area contributed by atoms with Crippen molar-refractivity contribution in [2.75, 3.05) is 31.6 Å². The van der Waals surface area contributed by atoms with Crippen LogP contribution in [0.25, 0.3) is 22.2 Å². The molecule has 0 aliphatic carbocycles. The molecular weight excluding hydrogens is 520 g/mol. The smallest absolute Gasteiger partial charge is 0.223 e. The minimum absolute atomic E-state index is 0.0540. The predicted octanol–water partition coefficient (Wildman–Crippen LogP) is 3.34. The first-order chi connectivity index (χ1) is 19.0. The lowest BCUT2D eigenvalue weighted by Crippen LogP contribution is -2.52. The summed E-state index contributed by atoms with van der Waals surface area (Å²) in [6.07, 6.45) is 0.215. The highest BCUT2D eigenvalue weighted by atomic mass is 19.1. The Balaban J connectivity index is 1.56. The third-order valence-corrected chi connectivity index (χ3v) is 8.06. The van der Waals surface area contributed by atoms with Crippen molar-refractivity contribution in [2.24, 2.45) is 0 Å². The summed E-state index contributed by atoms with van der Waals surface area (Å²) in [7, 11) is 0. The molecule has 4 atom stereocenters. The van der Waals surface area contributed by atoms with Gasteiger partial charge in [0.1, 0.15) is 11.4 Å². The maximum absolute atomic E-state index is 15.1. The average Bonchev–Trinajstić information content (AvgIpc) is 2.91. The number of nitrogens with zero attached hydrogens (tertiary/aromatic N) is 4. The van der Waals surface area contributed by atoms with E-state index in [0.29, 0.717) is 54.6 Å². The number of rotatable bonds is 6. The molecule has 216 valence electrons. The van der Waals surface area contributed by atoms with Gasteiger partial charge in [0.2, 0.25) is 5.95 Å². The highest BCUT2D eigenvalue weighted by Crippen LogP contribution is 2.31. The van der Waals surface area contributed by atoms with E-state index in [2.05, 4.69) is 15.3 Å². The fraction of sp³-hybridized carbons (Fsp3) is 0.552. The van der Waals surface area contributed by atoms with Gasteiger partial charge < -0.3 is 24.8 Å². The van der Waals surface area contributed by atoms with Crippen molar-refractivity contribution in [2.45, 2.75) is 77.0 Å². The van der Waals surface area contributed by atoms with Crippen LogP contribution in [0.15, 0.2) is 29.2 Å². The van der Waals surface area contributed by atoms with Gasteiger partial charge in [0.15, 0.2) is 11.2 Å². The number of piperidine rings is 1. The highest BCUT2D eigenvalue weighted by molar-refractivity contribution is 5.85. The lowest BCUT2D eigenvalue weighted by molar-refractivity contribution is -0.0597. The standard InChI is InChI=1S/C29H37F2N5O4/c1-16(2)36-22-11-18(26-20(30)12-32-28(34-26)33-21-8-10-40-14-24(21)37)5-6-19(22)27(39)17(3)23(36)13-35-9-7-25(38)29(4,31)15-35/h5-6,11-12,16,21,24-25,37-38H,7-10,13-15H2,1-4H3,(H,32,33,34)/t21-,24-,25-,29-/m1/s1. The molecule has 2 aliphatic heterocycles. The van der Waals surface area contributed by atoms with Crippen LogP contribution in [0.1, 0.15) is 50.9 Å². The van der Waals surface area contributed by atoms with E-state index in [-0.39, 0.29) is 42.3 Å². The molecule has 40 heavy (non-hydrogen) atoms. The number of benzene rings is 1. The van der Waals surface area contributed by atoms with Gasteiger partial charge in [0.05, 0.1) is 36.6 Å². The minimum Gasteiger partial charge on any atom is -0.390 e. The van der Waals surface area contributed by atoms with Crippen LogP contribution >= 0.6 is 0 Å². The maximum atomic E-state index is 15.1. The zero-order chi connectivity index (χ0) is 28.8. The molecule has 0 unspecified atom stereocenters. The molecule has 11 heteroatoms. The molecule has 2 aliphatic rings. The largest absolute Gasteiger partial charge is 0.390 e. The summed E-state index contributed by atoms with van der Waals surface area (Å²) in [5, 5.41) is 23.9. The van der Waals surface area contributed by atoms with Gasteiger partial charge >= 0.3 is 0 Å². The molecule has 2 aromatic heterocycles. The van der Waals surface area contributed by atoms with Crippen molar-refractivity contribution in [1.82, 2.24) is 19.4 Å². The molecule has 3 aromatic rings. The van der Waals surface area contributed by atoms with E-state index in [1.54, 1.807) is 25.1 Å². The lowest BCUT2D eigenvalue weighted by atomic mass is 9.93. The number of alkyl halides is 1.